The zero-order valence-corrected chi connectivity index (χ0v) is 15.9. The molecular formula is C19H15F2N5OS. The molecule has 4 aromatic rings. The van der Waals surface area contributed by atoms with Gasteiger partial charge in [-0.05, 0) is 31.2 Å². The van der Waals surface area contributed by atoms with E-state index in [1.165, 1.54) is 11.0 Å². The number of pyridine rings is 1. The molecule has 3 heterocycles. The van der Waals surface area contributed by atoms with Gasteiger partial charge in [-0.15, -0.1) is 0 Å². The number of amides is 1. The summed E-state index contributed by atoms with van der Waals surface area (Å²) in [5.74, 6) is -1.85. The fourth-order valence-corrected chi connectivity index (χ4v) is 3.75. The van der Waals surface area contributed by atoms with Crippen molar-refractivity contribution < 1.29 is 13.6 Å². The number of aryl methyl sites for hydroxylation is 2. The lowest BCUT2D eigenvalue weighted by Gasteiger charge is -2.18. The predicted molar refractivity (Wildman–Crippen MR) is 102 cm³/mol. The number of thiazole rings is 1. The maximum Gasteiger partial charge on any atom is 0.280 e. The smallest absolute Gasteiger partial charge is 0.276 e. The van der Waals surface area contributed by atoms with E-state index in [9.17, 15) is 13.6 Å². The van der Waals surface area contributed by atoms with Gasteiger partial charge in [0, 0.05) is 25.0 Å². The number of hydrogen-bond donors (Lipinski definition) is 0. The van der Waals surface area contributed by atoms with E-state index in [2.05, 4.69) is 15.1 Å². The van der Waals surface area contributed by atoms with Gasteiger partial charge in [0.05, 0.1) is 16.9 Å². The van der Waals surface area contributed by atoms with Crippen molar-refractivity contribution in [2.24, 2.45) is 7.05 Å². The molecule has 0 N–H and O–H groups in total. The minimum absolute atomic E-state index is 0.0254. The molecule has 1 amide bonds. The van der Waals surface area contributed by atoms with Crippen LogP contribution in [0.15, 0.2) is 42.6 Å². The largest absolute Gasteiger partial charge is 0.280 e. The Labute approximate surface area is 163 Å². The molecule has 4 rings (SSSR count). The SMILES string of the molecule is Cc1cc(C(=O)N(Cc2ccccn2)c2nc3c(F)cc(F)cc3s2)nn1C. The normalized spacial score (nSPS) is 11.1. The zero-order chi connectivity index (χ0) is 19.8. The molecule has 0 aliphatic carbocycles. The molecule has 28 heavy (non-hydrogen) atoms. The Hall–Kier alpha value is -3.20. The molecule has 0 bridgehead atoms. The highest BCUT2D eigenvalue weighted by Crippen LogP contribution is 2.32. The van der Waals surface area contributed by atoms with Crippen molar-refractivity contribution in [3.05, 3.63) is 71.3 Å². The average molecular weight is 399 g/mol. The average Bonchev–Trinajstić information content (AvgIpc) is 3.23. The molecule has 0 fully saturated rings. The number of carbonyl (C=O) groups is 1. The summed E-state index contributed by atoms with van der Waals surface area (Å²) in [6, 6.07) is 9.00. The Kier molecular flexibility index (Phi) is 4.60. The fourth-order valence-electron chi connectivity index (χ4n) is 2.74. The van der Waals surface area contributed by atoms with Gasteiger partial charge in [0.15, 0.2) is 16.6 Å². The molecule has 0 saturated heterocycles. The van der Waals surface area contributed by atoms with E-state index in [4.69, 9.17) is 0 Å². The molecule has 0 unspecified atom stereocenters. The number of rotatable bonds is 4. The first-order chi connectivity index (χ1) is 13.4. The van der Waals surface area contributed by atoms with Crippen molar-refractivity contribution in [2.75, 3.05) is 4.90 Å². The van der Waals surface area contributed by atoms with Crippen LogP contribution in [0.3, 0.4) is 0 Å². The monoisotopic (exact) mass is 399 g/mol. The van der Waals surface area contributed by atoms with Crippen LogP contribution in [0.25, 0.3) is 10.2 Å². The first kappa shape index (κ1) is 18.2. The van der Waals surface area contributed by atoms with Gasteiger partial charge < -0.3 is 0 Å². The molecule has 6 nitrogen and oxygen atoms in total. The van der Waals surface area contributed by atoms with E-state index in [1.807, 2.05) is 13.0 Å². The second-order valence-electron chi connectivity index (χ2n) is 6.24. The number of carbonyl (C=O) groups excluding carboxylic acids is 1. The van der Waals surface area contributed by atoms with E-state index in [1.54, 1.807) is 36.1 Å². The van der Waals surface area contributed by atoms with Gasteiger partial charge in [-0.25, -0.2) is 13.8 Å². The second kappa shape index (κ2) is 7.08. The van der Waals surface area contributed by atoms with E-state index in [0.29, 0.717) is 10.4 Å². The molecule has 1 aromatic carbocycles. The summed E-state index contributed by atoms with van der Waals surface area (Å²) in [4.78, 5) is 23.0. The molecule has 0 radical (unpaired) electrons. The van der Waals surface area contributed by atoms with Crippen LogP contribution in [0.1, 0.15) is 21.9 Å². The van der Waals surface area contributed by atoms with Crippen LogP contribution < -0.4 is 4.90 Å². The number of aromatic nitrogens is 4. The van der Waals surface area contributed by atoms with Crippen LogP contribution in [0.5, 0.6) is 0 Å². The molecule has 142 valence electrons. The Morgan fingerprint density at radius 1 is 1.25 bits per heavy atom. The molecule has 3 aromatic heterocycles. The van der Waals surface area contributed by atoms with Crippen LogP contribution >= 0.6 is 11.3 Å². The summed E-state index contributed by atoms with van der Waals surface area (Å²) in [5.41, 5.74) is 1.72. The van der Waals surface area contributed by atoms with Gasteiger partial charge in [0.1, 0.15) is 11.3 Å². The molecule has 0 atom stereocenters. The number of nitrogens with zero attached hydrogens (tertiary/aromatic N) is 5. The number of hydrogen-bond acceptors (Lipinski definition) is 5. The first-order valence-corrected chi connectivity index (χ1v) is 9.22. The van der Waals surface area contributed by atoms with Crippen molar-refractivity contribution in [1.82, 2.24) is 19.7 Å². The molecular weight excluding hydrogens is 384 g/mol. The van der Waals surface area contributed by atoms with Crippen molar-refractivity contribution in [3.8, 4) is 0 Å². The van der Waals surface area contributed by atoms with Gasteiger partial charge in [0.2, 0.25) is 0 Å². The number of fused-ring (bicyclic) bond motifs is 1. The van der Waals surface area contributed by atoms with E-state index in [0.717, 1.165) is 23.1 Å². The summed E-state index contributed by atoms with van der Waals surface area (Å²) in [6.45, 7) is 1.96. The van der Waals surface area contributed by atoms with E-state index >= 15 is 0 Å². The third kappa shape index (κ3) is 3.36. The fraction of sp³-hybridized carbons (Fsp3) is 0.158. The maximum atomic E-state index is 14.1. The predicted octanol–water partition coefficient (Wildman–Crippen LogP) is 3.86. The lowest BCUT2D eigenvalue weighted by molar-refractivity contribution is 0.0979. The van der Waals surface area contributed by atoms with Crippen LogP contribution in [0.2, 0.25) is 0 Å². The van der Waals surface area contributed by atoms with Gasteiger partial charge >= 0.3 is 0 Å². The highest BCUT2D eigenvalue weighted by atomic mass is 32.1. The van der Waals surface area contributed by atoms with Crippen LogP contribution in [0.4, 0.5) is 13.9 Å². The number of halogens is 2. The van der Waals surface area contributed by atoms with Crippen LogP contribution in [-0.4, -0.2) is 25.7 Å². The van der Waals surface area contributed by atoms with Gasteiger partial charge in [-0.2, -0.15) is 5.10 Å². The van der Waals surface area contributed by atoms with Gasteiger partial charge in [-0.1, -0.05) is 17.4 Å². The van der Waals surface area contributed by atoms with Crippen molar-refractivity contribution in [2.45, 2.75) is 13.5 Å². The minimum Gasteiger partial charge on any atom is -0.276 e. The standard InChI is InChI=1S/C19H15F2N5OS/c1-11-7-15(24-25(11)2)18(27)26(10-13-5-3-4-6-22-13)19-23-17-14(21)8-12(20)9-16(17)28-19/h3-9H,10H2,1-2H3. The number of benzene rings is 1. The third-order valence-electron chi connectivity index (χ3n) is 4.26. The molecule has 0 spiro atoms. The summed E-state index contributed by atoms with van der Waals surface area (Å²) in [7, 11) is 1.74. The van der Waals surface area contributed by atoms with Crippen molar-refractivity contribution in [1.29, 1.82) is 0 Å². The minimum atomic E-state index is -0.767. The summed E-state index contributed by atoms with van der Waals surface area (Å²) >= 11 is 1.04. The summed E-state index contributed by atoms with van der Waals surface area (Å²) < 4.78 is 29.6. The molecule has 9 heteroatoms. The van der Waals surface area contributed by atoms with Crippen molar-refractivity contribution >= 4 is 32.6 Å². The van der Waals surface area contributed by atoms with Crippen molar-refractivity contribution in [3.63, 3.8) is 0 Å². The second-order valence-corrected chi connectivity index (χ2v) is 7.25. The third-order valence-corrected chi connectivity index (χ3v) is 5.28. The van der Waals surface area contributed by atoms with E-state index < -0.39 is 17.5 Å². The van der Waals surface area contributed by atoms with Crippen LogP contribution in [-0.2, 0) is 13.6 Å². The van der Waals surface area contributed by atoms with Gasteiger partial charge in [0.25, 0.3) is 5.91 Å². The Balaban J connectivity index is 1.80. The Morgan fingerprint density at radius 3 is 2.75 bits per heavy atom. The van der Waals surface area contributed by atoms with Gasteiger partial charge in [-0.3, -0.25) is 19.4 Å². The van der Waals surface area contributed by atoms with E-state index in [-0.39, 0.29) is 22.9 Å². The summed E-state index contributed by atoms with van der Waals surface area (Å²) in [5, 5.41) is 4.48. The zero-order valence-electron chi connectivity index (χ0n) is 15.1. The van der Waals surface area contributed by atoms with Crippen LogP contribution in [0, 0.1) is 18.6 Å². The Bertz CT molecular complexity index is 1150. The maximum absolute atomic E-state index is 14.1. The summed E-state index contributed by atoms with van der Waals surface area (Å²) in [6.07, 6.45) is 1.62. The quantitative estimate of drug-likeness (QED) is 0.523. The Morgan fingerprint density at radius 2 is 2.07 bits per heavy atom. The highest BCUT2D eigenvalue weighted by Gasteiger charge is 2.25. The lowest BCUT2D eigenvalue weighted by Crippen LogP contribution is -2.31. The lowest BCUT2D eigenvalue weighted by atomic mass is 10.3. The highest BCUT2D eigenvalue weighted by molar-refractivity contribution is 7.22. The topological polar surface area (TPSA) is 63.9 Å². The molecule has 0 saturated carbocycles. The number of anilines is 1. The first-order valence-electron chi connectivity index (χ1n) is 8.40. The molecule has 0 aliphatic heterocycles. The molecule has 0 aliphatic rings.